The van der Waals surface area contributed by atoms with E-state index in [0.29, 0.717) is 18.7 Å². The van der Waals surface area contributed by atoms with Crippen LogP contribution in [0.1, 0.15) is 19.8 Å². The van der Waals surface area contributed by atoms with E-state index >= 15 is 0 Å². The number of carbonyl (C=O) groups excluding carboxylic acids is 2. The Morgan fingerprint density at radius 1 is 1.18 bits per heavy atom. The summed E-state index contributed by atoms with van der Waals surface area (Å²) in [6, 6.07) is 9.49. The fourth-order valence-corrected chi connectivity index (χ4v) is 2.58. The number of pyridine rings is 1. The smallest absolute Gasteiger partial charge is 0.228 e. The minimum absolute atomic E-state index is 0.0157. The molecule has 1 aromatic heterocycles. The lowest BCUT2D eigenvalue weighted by Crippen LogP contribution is -2.28. The Kier molecular flexibility index (Phi) is 4.04. The molecule has 0 radical (unpaired) electrons. The highest BCUT2D eigenvalue weighted by molar-refractivity contribution is 6.04. The lowest BCUT2D eigenvalue weighted by Gasteiger charge is -2.08. The number of nitrogens with zero attached hydrogens (tertiary/aromatic N) is 1. The molecule has 1 aliphatic rings. The maximum atomic E-state index is 12.3. The van der Waals surface area contributed by atoms with E-state index in [1.165, 1.54) is 0 Å². The second-order valence-electron chi connectivity index (χ2n) is 5.61. The number of anilines is 1. The summed E-state index contributed by atoms with van der Waals surface area (Å²) in [5.74, 6) is -0.529. The van der Waals surface area contributed by atoms with Crippen molar-refractivity contribution in [3.63, 3.8) is 0 Å². The first kappa shape index (κ1) is 14.5. The first-order chi connectivity index (χ1) is 10.7. The Hall–Kier alpha value is -2.43. The quantitative estimate of drug-likeness (QED) is 0.890. The zero-order chi connectivity index (χ0) is 15.5. The molecular formula is C17H19N3O2. The third-order valence-corrected chi connectivity index (χ3v) is 3.90. The van der Waals surface area contributed by atoms with Crippen molar-refractivity contribution in [3.8, 4) is 0 Å². The van der Waals surface area contributed by atoms with E-state index in [9.17, 15) is 9.59 Å². The summed E-state index contributed by atoms with van der Waals surface area (Å²) in [5, 5.41) is 6.73. The predicted molar refractivity (Wildman–Crippen MR) is 85.3 cm³/mol. The Bertz CT molecular complexity index is 709. The first-order valence-electron chi connectivity index (χ1n) is 7.63. The molecular weight excluding hydrogens is 278 g/mol. The van der Waals surface area contributed by atoms with Gasteiger partial charge in [-0.3, -0.25) is 14.6 Å². The average molecular weight is 297 g/mol. The van der Waals surface area contributed by atoms with Crippen molar-refractivity contribution in [2.24, 2.45) is 11.8 Å². The highest BCUT2D eigenvalue weighted by atomic mass is 16.2. The molecule has 0 aliphatic heterocycles. The molecule has 0 spiro atoms. The van der Waals surface area contributed by atoms with Gasteiger partial charge in [-0.25, -0.2) is 0 Å². The zero-order valence-electron chi connectivity index (χ0n) is 12.5. The summed E-state index contributed by atoms with van der Waals surface area (Å²) in [6.45, 7) is 2.67. The maximum absolute atomic E-state index is 12.3. The molecule has 5 nitrogen and oxygen atoms in total. The Labute approximate surface area is 129 Å². The molecule has 1 aromatic carbocycles. The van der Waals surface area contributed by atoms with Gasteiger partial charge in [-0.05, 0) is 25.0 Å². The van der Waals surface area contributed by atoms with E-state index in [0.717, 1.165) is 17.3 Å². The standard InChI is InChI=1S/C17H19N3O2/c1-2-8-19-16(21)12-10-13(12)17(22)20-14-7-3-5-11-6-4-9-18-15(11)14/h3-7,9,12-13H,2,8,10H2,1H3,(H,19,21)(H,20,22). The van der Waals surface area contributed by atoms with Crippen LogP contribution >= 0.6 is 0 Å². The molecule has 22 heavy (non-hydrogen) atoms. The number of para-hydroxylation sites is 1. The minimum atomic E-state index is -0.226. The van der Waals surface area contributed by atoms with Crippen molar-refractivity contribution in [1.29, 1.82) is 0 Å². The number of hydrogen-bond acceptors (Lipinski definition) is 3. The van der Waals surface area contributed by atoms with Crippen LogP contribution in [0.25, 0.3) is 10.9 Å². The molecule has 2 N–H and O–H groups in total. The molecule has 3 rings (SSSR count). The van der Waals surface area contributed by atoms with Gasteiger partial charge < -0.3 is 10.6 Å². The lowest BCUT2D eigenvalue weighted by atomic mass is 10.2. The van der Waals surface area contributed by atoms with Gasteiger partial charge in [0.2, 0.25) is 11.8 Å². The molecule has 0 bridgehead atoms. The minimum Gasteiger partial charge on any atom is -0.356 e. The molecule has 114 valence electrons. The van der Waals surface area contributed by atoms with Gasteiger partial charge in [-0.1, -0.05) is 25.1 Å². The van der Waals surface area contributed by atoms with Crippen molar-refractivity contribution in [1.82, 2.24) is 10.3 Å². The van der Waals surface area contributed by atoms with Crippen molar-refractivity contribution in [2.45, 2.75) is 19.8 Å². The molecule has 5 heteroatoms. The van der Waals surface area contributed by atoms with Gasteiger partial charge >= 0.3 is 0 Å². The van der Waals surface area contributed by atoms with Gasteiger partial charge in [0.1, 0.15) is 0 Å². The molecule has 2 aromatic rings. The van der Waals surface area contributed by atoms with Crippen LogP contribution in [0.4, 0.5) is 5.69 Å². The zero-order valence-corrected chi connectivity index (χ0v) is 12.5. The summed E-state index contributed by atoms with van der Waals surface area (Å²) in [6.07, 6.45) is 3.23. The Balaban J connectivity index is 1.66. The maximum Gasteiger partial charge on any atom is 0.228 e. The lowest BCUT2D eigenvalue weighted by molar-refractivity contribution is -0.125. The molecule has 0 saturated heterocycles. The number of fused-ring (bicyclic) bond motifs is 1. The van der Waals surface area contributed by atoms with Crippen molar-refractivity contribution in [3.05, 3.63) is 36.5 Å². The normalized spacial score (nSPS) is 19.7. The average Bonchev–Trinajstić information content (AvgIpc) is 3.34. The number of amides is 2. The van der Waals surface area contributed by atoms with E-state index in [1.807, 2.05) is 37.3 Å². The number of benzene rings is 1. The van der Waals surface area contributed by atoms with Crippen LogP contribution in [-0.2, 0) is 9.59 Å². The monoisotopic (exact) mass is 297 g/mol. The van der Waals surface area contributed by atoms with Crippen LogP contribution in [0, 0.1) is 11.8 Å². The number of carbonyl (C=O) groups is 2. The largest absolute Gasteiger partial charge is 0.356 e. The van der Waals surface area contributed by atoms with Crippen LogP contribution in [0.3, 0.4) is 0 Å². The fraction of sp³-hybridized carbons (Fsp3) is 0.353. The van der Waals surface area contributed by atoms with Crippen molar-refractivity contribution >= 4 is 28.4 Å². The fourth-order valence-electron chi connectivity index (χ4n) is 2.58. The van der Waals surface area contributed by atoms with Gasteiger partial charge in [-0.2, -0.15) is 0 Å². The van der Waals surface area contributed by atoms with E-state index in [1.54, 1.807) is 6.20 Å². The summed E-state index contributed by atoms with van der Waals surface area (Å²) < 4.78 is 0. The molecule has 2 amide bonds. The number of nitrogens with one attached hydrogen (secondary N) is 2. The highest BCUT2D eigenvalue weighted by Crippen LogP contribution is 2.39. The van der Waals surface area contributed by atoms with Crippen LogP contribution in [0.5, 0.6) is 0 Å². The van der Waals surface area contributed by atoms with Crippen molar-refractivity contribution in [2.75, 3.05) is 11.9 Å². The predicted octanol–water partition coefficient (Wildman–Crippen LogP) is 2.34. The topological polar surface area (TPSA) is 71.1 Å². The third kappa shape index (κ3) is 2.93. The van der Waals surface area contributed by atoms with Crippen LogP contribution in [-0.4, -0.2) is 23.3 Å². The second-order valence-corrected chi connectivity index (χ2v) is 5.61. The number of aromatic nitrogens is 1. The van der Waals surface area contributed by atoms with Gasteiger partial charge in [0.25, 0.3) is 0 Å². The highest BCUT2D eigenvalue weighted by Gasteiger charge is 2.47. The molecule has 2 atom stereocenters. The van der Waals surface area contributed by atoms with Gasteiger partial charge in [0.05, 0.1) is 23.0 Å². The van der Waals surface area contributed by atoms with Crippen LogP contribution in [0.15, 0.2) is 36.5 Å². The first-order valence-corrected chi connectivity index (χ1v) is 7.63. The van der Waals surface area contributed by atoms with E-state index in [4.69, 9.17) is 0 Å². The number of rotatable bonds is 5. The van der Waals surface area contributed by atoms with Crippen LogP contribution < -0.4 is 10.6 Å². The summed E-state index contributed by atoms with van der Waals surface area (Å²) in [7, 11) is 0. The second kappa shape index (κ2) is 6.13. The van der Waals surface area contributed by atoms with E-state index in [-0.39, 0.29) is 23.7 Å². The summed E-state index contributed by atoms with van der Waals surface area (Å²) in [4.78, 5) is 28.4. The molecule has 1 fully saturated rings. The van der Waals surface area contributed by atoms with Crippen LogP contribution in [0.2, 0.25) is 0 Å². The molecule has 1 aliphatic carbocycles. The molecule has 2 unspecified atom stereocenters. The summed E-state index contributed by atoms with van der Waals surface area (Å²) >= 11 is 0. The van der Waals surface area contributed by atoms with E-state index in [2.05, 4.69) is 15.6 Å². The molecule has 1 heterocycles. The van der Waals surface area contributed by atoms with Gasteiger partial charge in [0.15, 0.2) is 0 Å². The third-order valence-electron chi connectivity index (χ3n) is 3.90. The SMILES string of the molecule is CCCNC(=O)C1CC1C(=O)Nc1cccc2cccnc12. The Morgan fingerprint density at radius 3 is 2.77 bits per heavy atom. The van der Waals surface area contributed by atoms with E-state index < -0.39 is 0 Å². The van der Waals surface area contributed by atoms with Gasteiger partial charge in [-0.15, -0.1) is 0 Å². The van der Waals surface area contributed by atoms with Crippen molar-refractivity contribution < 1.29 is 9.59 Å². The van der Waals surface area contributed by atoms with Gasteiger partial charge in [0, 0.05) is 18.1 Å². The number of hydrogen-bond donors (Lipinski definition) is 2. The molecule has 1 saturated carbocycles. The Morgan fingerprint density at radius 2 is 1.95 bits per heavy atom. The summed E-state index contributed by atoms with van der Waals surface area (Å²) in [5.41, 5.74) is 1.47.